The predicted molar refractivity (Wildman–Crippen MR) is 69.4 cm³/mol. The first kappa shape index (κ1) is 14.0. The van der Waals surface area contributed by atoms with E-state index in [0.717, 1.165) is 18.8 Å². The third kappa shape index (κ3) is 3.21. The molecule has 2 nitrogen and oxygen atoms in total. The van der Waals surface area contributed by atoms with Gasteiger partial charge in [-0.15, -0.1) is 0 Å². The third-order valence-corrected chi connectivity index (χ3v) is 4.03. The number of hydrogen-bond acceptors (Lipinski definition) is 2. The van der Waals surface area contributed by atoms with Crippen LogP contribution in [0.4, 0.5) is 0 Å². The molecule has 16 heavy (non-hydrogen) atoms. The van der Waals surface area contributed by atoms with Crippen LogP contribution >= 0.6 is 0 Å². The Morgan fingerprint density at radius 3 is 2.25 bits per heavy atom. The molecule has 1 aliphatic heterocycles. The van der Waals surface area contributed by atoms with E-state index in [-0.39, 0.29) is 17.2 Å². The van der Waals surface area contributed by atoms with Gasteiger partial charge in [-0.05, 0) is 46.5 Å². The predicted octanol–water partition coefficient (Wildman–Crippen LogP) is 3.34. The van der Waals surface area contributed by atoms with E-state index in [1.54, 1.807) is 0 Å². The van der Waals surface area contributed by atoms with Gasteiger partial charge in [-0.25, -0.2) is 0 Å². The molecule has 3 unspecified atom stereocenters. The summed E-state index contributed by atoms with van der Waals surface area (Å²) in [6.07, 6.45) is 3.41. The molecule has 0 aromatic heterocycles. The minimum atomic E-state index is -0.0730. The summed E-state index contributed by atoms with van der Waals surface area (Å²) in [4.78, 5) is 0. The molecule has 1 saturated heterocycles. The quantitative estimate of drug-likeness (QED) is 0.799. The molecule has 0 amide bonds. The summed E-state index contributed by atoms with van der Waals surface area (Å²) in [6, 6.07) is 0.270. The Hall–Kier alpha value is -0.0800. The minimum Gasteiger partial charge on any atom is -0.369 e. The van der Waals surface area contributed by atoms with Crippen molar-refractivity contribution in [1.29, 1.82) is 0 Å². The molecule has 0 aliphatic carbocycles. The second kappa shape index (κ2) is 4.66. The van der Waals surface area contributed by atoms with Gasteiger partial charge in [0.05, 0.1) is 11.2 Å². The lowest BCUT2D eigenvalue weighted by Crippen LogP contribution is -2.41. The van der Waals surface area contributed by atoms with E-state index in [0.29, 0.717) is 5.92 Å². The molecule has 1 rings (SSSR count). The van der Waals surface area contributed by atoms with E-state index in [4.69, 9.17) is 10.5 Å². The molecule has 0 saturated carbocycles. The number of rotatable bonds is 4. The summed E-state index contributed by atoms with van der Waals surface area (Å²) in [5, 5.41) is 0. The number of hydrogen-bond donors (Lipinski definition) is 1. The van der Waals surface area contributed by atoms with Crippen molar-refractivity contribution in [2.45, 2.75) is 78.0 Å². The molecule has 0 aromatic rings. The molecule has 1 heterocycles. The average molecular weight is 227 g/mol. The highest BCUT2D eigenvalue weighted by molar-refractivity contribution is 4.98. The number of nitrogens with two attached hydrogens (primary N) is 1. The van der Waals surface area contributed by atoms with Crippen molar-refractivity contribution in [3.63, 3.8) is 0 Å². The third-order valence-electron chi connectivity index (χ3n) is 4.03. The lowest BCUT2D eigenvalue weighted by atomic mass is 9.79. The normalized spacial score (nSPS) is 31.3. The maximum atomic E-state index is 6.37. The molecule has 0 spiro atoms. The maximum Gasteiger partial charge on any atom is 0.0677 e. The van der Waals surface area contributed by atoms with Crippen molar-refractivity contribution in [2.24, 2.45) is 17.6 Å². The lowest BCUT2D eigenvalue weighted by molar-refractivity contribution is -0.0770. The lowest BCUT2D eigenvalue weighted by Gasteiger charge is -2.32. The van der Waals surface area contributed by atoms with Gasteiger partial charge < -0.3 is 10.5 Å². The van der Waals surface area contributed by atoms with Gasteiger partial charge >= 0.3 is 0 Å². The summed E-state index contributed by atoms with van der Waals surface area (Å²) in [5.74, 6) is 1.20. The Bertz CT molecular complexity index is 235. The molecule has 3 atom stereocenters. The fourth-order valence-corrected chi connectivity index (χ4v) is 3.07. The highest BCUT2D eigenvalue weighted by Crippen LogP contribution is 2.44. The monoisotopic (exact) mass is 227 g/mol. The van der Waals surface area contributed by atoms with Crippen molar-refractivity contribution in [1.82, 2.24) is 0 Å². The fraction of sp³-hybridized carbons (Fsp3) is 1.00. The van der Waals surface area contributed by atoms with Crippen molar-refractivity contribution in [3.05, 3.63) is 0 Å². The van der Waals surface area contributed by atoms with Crippen LogP contribution in [0.25, 0.3) is 0 Å². The fourth-order valence-electron chi connectivity index (χ4n) is 3.07. The Kier molecular flexibility index (Phi) is 4.07. The van der Waals surface area contributed by atoms with Crippen molar-refractivity contribution in [3.8, 4) is 0 Å². The van der Waals surface area contributed by atoms with Crippen molar-refractivity contribution < 1.29 is 4.74 Å². The molecule has 2 N–H and O–H groups in total. The first-order valence-electron chi connectivity index (χ1n) is 6.63. The summed E-state index contributed by atoms with van der Waals surface area (Å²) < 4.78 is 6.11. The molecule has 0 bridgehead atoms. The summed E-state index contributed by atoms with van der Waals surface area (Å²) >= 11 is 0. The Labute approximate surface area is 101 Å². The van der Waals surface area contributed by atoms with Crippen LogP contribution in [0.2, 0.25) is 0 Å². The second-order valence-electron chi connectivity index (χ2n) is 6.69. The van der Waals surface area contributed by atoms with E-state index < -0.39 is 0 Å². The van der Waals surface area contributed by atoms with E-state index in [1.807, 2.05) is 0 Å². The Morgan fingerprint density at radius 1 is 1.31 bits per heavy atom. The van der Waals surface area contributed by atoms with Gasteiger partial charge in [0.2, 0.25) is 0 Å². The van der Waals surface area contributed by atoms with E-state index in [2.05, 4.69) is 41.5 Å². The van der Waals surface area contributed by atoms with Crippen LogP contribution in [0.15, 0.2) is 0 Å². The molecular weight excluding hydrogens is 198 g/mol. The highest BCUT2D eigenvalue weighted by atomic mass is 16.5. The Morgan fingerprint density at radius 2 is 1.88 bits per heavy atom. The van der Waals surface area contributed by atoms with Gasteiger partial charge in [0, 0.05) is 12.0 Å². The minimum absolute atomic E-state index is 0.0127. The number of ether oxygens (including phenoxy) is 1. The smallest absolute Gasteiger partial charge is 0.0677 e. The van der Waals surface area contributed by atoms with Gasteiger partial charge in [0.15, 0.2) is 0 Å². The van der Waals surface area contributed by atoms with Crippen LogP contribution in [-0.2, 0) is 4.74 Å². The summed E-state index contributed by atoms with van der Waals surface area (Å²) in [7, 11) is 0. The van der Waals surface area contributed by atoms with E-state index in [1.165, 1.54) is 6.42 Å². The molecule has 96 valence electrons. The van der Waals surface area contributed by atoms with Crippen LogP contribution in [0.3, 0.4) is 0 Å². The molecule has 1 aliphatic rings. The molecular formula is C14H29NO. The van der Waals surface area contributed by atoms with E-state index in [9.17, 15) is 0 Å². The van der Waals surface area contributed by atoms with Crippen LogP contribution in [0, 0.1) is 11.8 Å². The largest absolute Gasteiger partial charge is 0.369 e. The van der Waals surface area contributed by atoms with Crippen molar-refractivity contribution in [2.75, 3.05) is 0 Å². The molecule has 0 radical (unpaired) electrons. The summed E-state index contributed by atoms with van der Waals surface area (Å²) in [6.45, 7) is 13.2. The zero-order valence-electron chi connectivity index (χ0n) is 11.8. The van der Waals surface area contributed by atoms with Crippen LogP contribution in [0.5, 0.6) is 0 Å². The SMILES string of the molecule is CCC(C)CC(N)C1CC(C)(C)OC1(C)C. The topological polar surface area (TPSA) is 35.2 Å². The molecule has 1 fully saturated rings. The van der Waals surface area contributed by atoms with Crippen LogP contribution in [0.1, 0.15) is 60.8 Å². The highest BCUT2D eigenvalue weighted by Gasteiger charge is 2.48. The van der Waals surface area contributed by atoms with Crippen LogP contribution < -0.4 is 5.73 Å². The van der Waals surface area contributed by atoms with Gasteiger partial charge in [-0.1, -0.05) is 20.3 Å². The zero-order valence-corrected chi connectivity index (χ0v) is 11.8. The standard InChI is InChI=1S/C14H29NO/c1-7-10(2)8-12(15)11-9-13(3,4)16-14(11,5)6/h10-12H,7-9,15H2,1-6H3. The maximum absolute atomic E-state index is 6.37. The first-order valence-corrected chi connectivity index (χ1v) is 6.63. The van der Waals surface area contributed by atoms with Gasteiger partial charge in [-0.2, -0.15) is 0 Å². The molecule has 2 heteroatoms. The average Bonchev–Trinajstić information content (AvgIpc) is 2.34. The van der Waals surface area contributed by atoms with E-state index >= 15 is 0 Å². The van der Waals surface area contributed by atoms with Crippen LogP contribution in [-0.4, -0.2) is 17.2 Å². The summed E-state index contributed by atoms with van der Waals surface area (Å²) in [5.41, 5.74) is 6.29. The van der Waals surface area contributed by atoms with Gasteiger partial charge in [0.1, 0.15) is 0 Å². The Balaban J connectivity index is 2.65. The zero-order chi connectivity index (χ0) is 12.6. The van der Waals surface area contributed by atoms with Gasteiger partial charge in [0.25, 0.3) is 0 Å². The first-order chi connectivity index (χ1) is 7.18. The molecule has 0 aromatic carbocycles. The second-order valence-corrected chi connectivity index (χ2v) is 6.69. The van der Waals surface area contributed by atoms with Gasteiger partial charge in [-0.3, -0.25) is 0 Å². The van der Waals surface area contributed by atoms with Crippen molar-refractivity contribution >= 4 is 0 Å².